The van der Waals surface area contributed by atoms with Gasteiger partial charge in [0.25, 0.3) is 0 Å². The van der Waals surface area contributed by atoms with Crippen LogP contribution >= 0.6 is 0 Å². The molecule has 1 heterocycles. The molecule has 35 heavy (non-hydrogen) atoms. The molecule has 184 valence electrons. The van der Waals surface area contributed by atoms with E-state index in [1.54, 1.807) is 0 Å². The highest BCUT2D eigenvalue weighted by molar-refractivity contribution is 5.95. The first-order valence-corrected chi connectivity index (χ1v) is 12.0. The number of carboxylic acids is 1. The molecule has 2 aromatic rings. The lowest BCUT2D eigenvalue weighted by molar-refractivity contribution is -0.159. The van der Waals surface area contributed by atoms with E-state index in [0.717, 1.165) is 28.7 Å². The van der Waals surface area contributed by atoms with Crippen LogP contribution < -0.4 is 5.32 Å². The standard InChI is InChI=1S/C27H30N2O6/c1-26(24(31)32)14-17(34-2)15-29(26)23(30)27(12-7-13-27)28-25(33)35-16-22-20-10-5-3-8-18(20)19-9-4-6-11-21(19)22/h3-6,8-11,17,22H,7,12-16H2,1-2H3,(H,28,33)(H,31,32). The van der Waals surface area contributed by atoms with E-state index >= 15 is 0 Å². The summed E-state index contributed by atoms with van der Waals surface area (Å²) in [6.45, 7) is 1.85. The van der Waals surface area contributed by atoms with Gasteiger partial charge in [-0.15, -0.1) is 0 Å². The van der Waals surface area contributed by atoms with Gasteiger partial charge in [-0.3, -0.25) is 4.79 Å². The van der Waals surface area contributed by atoms with E-state index < -0.39 is 23.1 Å². The molecular formula is C27H30N2O6. The van der Waals surface area contributed by atoms with Crippen molar-refractivity contribution in [2.24, 2.45) is 0 Å². The van der Waals surface area contributed by atoms with Gasteiger partial charge in [0.1, 0.15) is 17.7 Å². The number of aliphatic carboxylic acids is 1. The minimum Gasteiger partial charge on any atom is -0.480 e. The normalized spacial score (nSPS) is 24.3. The quantitative estimate of drug-likeness (QED) is 0.658. The van der Waals surface area contributed by atoms with E-state index in [4.69, 9.17) is 9.47 Å². The van der Waals surface area contributed by atoms with Crippen molar-refractivity contribution < 1.29 is 29.0 Å². The van der Waals surface area contributed by atoms with Crippen molar-refractivity contribution in [1.82, 2.24) is 10.2 Å². The van der Waals surface area contributed by atoms with Crippen LogP contribution in [-0.2, 0) is 19.1 Å². The van der Waals surface area contributed by atoms with Crippen LogP contribution in [0.2, 0.25) is 0 Å². The Morgan fingerprint density at radius 2 is 1.66 bits per heavy atom. The number of methoxy groups -OCH3 is 1. The zero-order valence-electron chi connectivity index (χ0n) is 20.0. The third-order valence-electron chi connectivity index (χ3n) is 7.95. The Balaban J connectivity index is 1.30. The van der Waals surface area contributed by atoms with Crippen LogP contribution in [0.5, 0.6) is 0 Å². The number of hydrogen-bond donors (Lipinski definition) is 2. The molecule has 2 fully saturated rings. The Morgan fingerprint density at radius 1 is 1.06 bits per heavy atom. The second-order valence-corrected chi connectivity index (χ2v) is 9.94. The van der Waals surface area contributed by atoms with Gasteiger partial charge in [-0.1, -0.05) is 48.5 Å². The summed E-state index contributed by atoms with van der Waals surface area (Å²) in [5.41, 5.74) is 1.95. The smallest absolute Gasteiger partial charge is 0.408 e. The van der Waals surface area contributed by atoms with Crippen molar-refractivity contribution in [2.45, 2.75) is 55.7 Å². The van der Waals surface area contributed by atoms with Gasteiger partial charge in [-0.25, -0.2) is 9.59 Å². The van der Waals surface area contributed by atoms with Gasteiger partial charge in [0.05, 0.1) is 6.10 Å². The topological polar surface area (TPSA) is 105 Å². The highest BCUT2D eigenvalue weighted by Crippen LogP contribution is 2.45. The largest absolute Gasteiger partial charge is 0.480 e. The Hall–Kier alpha value is -3.39. The summed E-state index contributed by atoms with van der Waals surface area (Å²) in [7, 11) is 1.51. The van der Waals surface area contributed by atoms with E-state index in [0.29, 0.717) is 12.8 Å². The van der Waals surface area contributed by atoms with Crippen molar-refractivity contribution in [3.63, 3.8) is 0 Å². The molecule has 3 aliphatic rings. The van der Waals surface area contributed by atoms with Gasteiger partial charge in [0, 0.05) is 26.0 Å². The summed E-state index contributed by atoms with van der Waals surface area (Å²) in [6.07, 6.45) is 0.817. The van der Waals surface area contributed by atoms with Crippen LogP contribution in [0.3, 0.4) is 0 Å². The fourth-order valence-corrected chi connectivity index (χ4v) is 5.70. The number of nitrogens with zero attached hydrogens (tertiary/aromatic N) is 1. The number of carbonyl (C=O) groups is 3. The van der Waals surface area contributed by atoms with Crippen LogP contribution in [0.4, 0.5) is 4.79 Å². The molecule has 0 bridgehead atoms. The first-order valence-electron chi connectivity index (χ1n) is 12.0. The molecule has 1 aliphatic heterocycles. The highest BCUT2D eigenvalue weighted by atomic mass is 16.5. The van der Waals surface area contributed by atoms with Crippen molar-refractivity contribution in [3.05, 3.63) is 59.7 Å². The number of benzene rings is 2. The third-order valence-corrected chi connectivity index (χ3v) is 7.95. The van der Waals surface area contributed by atoms with Gasteiger partial charge in [-0.05, 0) is 48.4 Å². The molecule has 8 heteroatoms. The van der Waals surface area contributed by atoms with Gasteiger partial charge >= 0.3 is 12.1 Å². The predicted molar refractivity (Wildman–Crippen MR) is 128 cm³/mol. The number of nitrogens with one attached hydrogen (secondary N) is 1. The zero-order valence-corrected chi connectivity index (χ0v) is 20.0. The SMILES string of the molecule is COC1CN(C(=O)C2(NC(=O)OCC3c4ccccc4-c4ccccc43)CCC2)C(C)(C(=O)O)C1. The number of likely N-dealkylation sites (tertiary alicyclic amines) is 1. The molecular weight excluding hydrogens is 448 g/mol. The Labute approximate surface area is 204 Å². The molecule has 2 aliphatic carbocycles. The van der Waals surface area contributed by atoms with Gasteiger partial charge in [0.2, 0.25) is 5.91 Å². The lowest BCUT2D eigenvalue weighted by atomic mass is 9.75. The first-order chi connectivity index (χ1) is 16.8. The Morgan fingerprint density at radius 3 is 2.17 bits per heavy atom. The summed E-state index contributed by atoms with van der Waals surface area (Å²) >= 11 is 0. The highest BCUT2D eigenvalue weighted by Gasteiger charge is 2.57. The summed E-state index contributed by atoms with van der Waals surface area (Å²) in [4.78, 5) is 39.9. The minimum atomic E-state index is -1.39. The maximum atomic E-state index is 13.6. The van der Waals surface area contributed by atoms with Crippen molar-refractivity contribution in [1.29, 1.82) is 0 Å². The minimum absolute atomic E-state index is 0.0856. The Bertz CT molecular complexity index is 1130. The van der Waals surface area contributed by atoms with E-state index in [1.165, 1.54) is 18.9 Å². The van der Waals surface area contributed by atoms with Crippen LogP contribution in [0.25, 0.3) is 11.1 Å². The average molecular weight is 479 g/mol. The summed E-state index contributed by atoms with van der Waals surface area (Å²) < 4.78 is 11.0. The predicted octanol–water partition coefficient (Wildman–Crippen LogP) is 3.54. The number of fused-ring (bicyclic) bond motifs is 3. The fraction of sp³-hybridized carbons (Fsp3) is 0.444. The van der Waals surface area contributed by atoms with Crippen LogP contribution in [0, 0.1) is 0 Å². The molecule has 0 radical (unpaired) electrons. The lowest BCUT2D eigenvalue weighted by Gasteiger charge is -2.45. The van der Waals surface area contributed by atoms with E-state index in [-0.39, 0.29) is 37.5 Å². The monoisotopic (exact) mass is 478 g/mol. The van der Waals surface area contributed by atoms with E-state index in [2.05, 4.69) is 17.4 Å². The number of carboxylic acid groups (broad SMARTS) is 1. The first kappa shape index (κ1) is 23.4. The number of ether oxygens (including phenoxy) is 2. The third kappa shape index (κ3) is 3.76. The second-order valence-electron chi connectivity index (χ2n) is 9.94. The van der Waals surface area contributed by atoms with Crippen molar-refractivity contribution in [3.8, 4) is 11.1 Å². The zero-order chi connectivity index (χ0) is 24.8. The van der Waals surface area contributed by atoms with Crippen LogP contribution in [0.1, 0.15) is 49.7 Å². The number of amides is 2. The van der Waals surface area contributed by atoms with Gasteiger partial charge in [-0.2, -0.15) is 0 Å². The number of alkyl carbamates (subject to hydrolysis) is 1. The molecule has 5 rings (SSSR count). The molecule has 2 N–H and O–H groups in total. The molecule has 0 spiro atoms. The van der Waals surface area contributed by atoms with E-state index in [1.807, 2.05) is 36.4 Å². The average Bonchev–Trinajstić information content (AvgIpc) is 3.35. The van der Waals surface area contributed by atoms with Gasteiger partial charge in [0.15, 0.2) is 0 Å². The maximum Gasteiger partial charge on any atom is 0.408 e. The summed E-state index contributed by atoms with van der Waals surface area (Å²) in [5, 5.41) is 12.6. The van der Waals surface area contributed by atoms with Crippen molar-refractivity contribution in [2.75, 3.05) is 20.3 Å². The molecule has 2 amide bonds. The molecule has 1 saturated heterocycles. The number of hydrogen-bond acceptors (Lipinski definition) is 5. The second kappa shape index (κ2) is 8.68. The fourth-order valence-electron chi connectivity index (χ4n) is 5.70. The van der Waals surface area contributed by atoms with Crippen LogP contribution in [0.15, 0.2) is 48.5 Å². The maximum absolute atomic E-state index is 13.6. The molecule has 2 aromatic carbocycles. The Kier molecular flexibility index (Phi) is 5.79. The van der Waals surface area contributed by atoms with E-state index in [9.17, 15) is 19.5 Å². The lowest BCUT2D eigenvalue weighted by Crippen LogP contribution is -2.67. The summed E-state index contributed by atoms with van der Waals surface area (Å²) in [5.74, 6) is -1.56. The van der Waals surface area contributed by atoms with Crippen molar-refractivity contribution >= 4 is 18.0 Å². The number of rotatable bonds is 6. The summed E-state index contributed by atoms with van der Waals surface area (Å²) in [6, 6.07) is 16.2. The molecule has 2 atom stereocenters. The molecule has 2 unspecified atom stereocenters. The van der Waals surface area contributed by atoms with Crippen LogP contribution in [-0.4, -0.2) is 65.4 Å². The molecule has 8 nitrogen and oxygen atoms in total. The molecule has 1 saturated carbocycles. The van der Waals surface area contributed by atoms with Gasteiger partial charge < -0.3 is 24.8 Å². The number of carbonyl (C=O) groups excluding carboxylic acids is 2. The molecule has 0 aromatic heterocycles.